The van der Waals surface area contributed by atoms with Crippen LogP contribution in [0.15, 0.2) is 60.7 Å². The first kappa shape index (κ1) is 33.1. The summed E-state index contributed by atoms with van der Waals surface area (Å²) in [6.07, 6.45) is 19.5. The van der Waals surface area contributed by atoms with E-state index in [-0.39, 0.29) is 24.8 Å². The predicted octanol–water partition coefficient (Wildman–Crippen LogP) is 8.86. The largest absolute Gasteiger partial charge is 0.303 e. The summed E-state index contributed by atoms with van der Waals surface area (Å²) in [4.78, 5) is 5.49. The zero-order valence-electron chi connectivity index (χ0n) is 23.8. The van der Waals surface area contributed by atoms with Crippen molar-refractivity contribution in [3.05, 3.63) is 71.8 Å². The molecule has 2 aromatic rings. The van der Waals surface area contributed by atoms with Crippen LogP contribution in [0.1, 0.15) is 88.2 Å². The number of nitrogens with zero attached hydrogens (tertiary/aromatic N) is 2. The molecule has 0 saturated carbocycles. The van der Waals surface area contributed by atoms with Crippen LogP contribution in [0.5, 0.6) is 0 Å². The van der Waals surface area contributed by atoms with E-state index in [1.54, 1.807) is 0 Å². The van der Waals surface area contributed by atoms with Crippen molar-refractivity contribution in [1.29, 1.82) is 0 Å². The van der Waals surface area contributed by atoms with Crippen LogP contribution >= 0.6 is 24.8 Å². The molecular weight excluding hydrogens is 507 g/mol. The molecule has 38 heavy (non-hydrogen) atoms. The Morgan fingerprint density at radius 1 is 0.474 bits per heavy atom. The molecule has 2 aliphatic heterocycles. The summed E-state index contributed by atoms with van der Waals surface area (Å²) < 4.78 is 0. The molecular formula is C34H54Cl2N2. The number of benzene rings is 2. The van der Waals surface area contributed by atoms with E-state index >= 15 is 0 Å². The van der Waals surface area contributed by atoms with Crippen molar-refractivity contribution in [2.24, 2.45) is 11.8 Å². The van der Waals surface area contributed by atoms with E-state index in [0.29, 0.717) is 0 Å². The van der Waals surface area contributed by atoms with Gasteiger partial charge in [0.05, 0.1) is 0 Å². The second kappa shape index (κ2) is 19.9. The normalized spacial score (nSPS) is 17.6. The Morgan fingerprint density at radius 3 is 1.21 bits per heavy atom. The first-order valence-electron chi connectivity index (χ1n) is 15.4. The zero-order valence-corrected chi connectivity index (χ0v) is 25.4. The zero-order chi connectivity index (χ0) is 24.7. The third kappa shape index (κ3) is 12.9. The Hall–Kier alpha value is -1.06. The van der Waals surface area contributed by atoms with Crippen LogP contribution in [0, 0.1) is 11.8 Å². The molecule has 0 aromatic heterocycles. The first-order chi connectivity index (χ1) is 17.8. The molecule has 4 rings (SSSR count). The third-order valence-electron chi connectivity index (χ3n) is 8.95. The molecule has 0 radical (unpaired) electrons. The number of likely N-dealkylation sites (tertiary alicyclic amines) is 2. The van der Waals surface area contributed by atoms with Crippen molar-refractivity contribution in [2.45, 2.75) is 89.9 Å². The minimum atomic E-state index is 0. The van der Waals surface area contributed by atoms with E-state index in [4.69, 9.17) is 0 Å². The number of aryl methyl sites for hydroxylation is 2. The average Bonchev–Trinajstić information content (AvgIpc) is 2.93. The molecule has 2 saturated heterocycles. The summed E-state index contributed by atoms with van der Waals surface area (Å²) >= 11 is 0. The third-order valence-corrected chi connectivity index (χ3v) is 8.95. The molecule has 0 amide bonds. The van der Waals surface area contributed by atoms with Gasteiger partial charge in [-0.3, -0.25) is 0 Å². The van der Waals surface area contributed by atoms with Crippen LogP contribution in [0.3, 0.4) is 0 Å². The molecule has 0 N–H and O–H groups in total. The predicted molar refractivity (Wildman–Crippen MR) is 170 cm³/mol. The van der Waals surface area contributed by atoms with Gasteiger partial charge >= 0.3 is 0 Å². The number of hydrogen-bond donors (Lipinski definition) is 0. The van der Waals surface area contributed by atoms with Gasteiger partial charge in [0, 0.05) is 0 Å². The lowest BCUT2D eigenvalue weighted by Gasteiger charge is -2.32. The van der Waals surface area contributed by atoms with Gasteiger partial charge in [0.1, 0.15) is 0 Å². The second-order valence-electron chi connectivity index (χ2n) is 11.7. The topological polar surface area (TPSA) is 6.48 Å². The minimum Gasteiger partial charge on any atom is -0.303 e. The van der Waals surface area contributed by atoms with Crippen molar-refractivity contribution in [3.8, 4) is 0 Å². The molecule has 214 valence electrons. The van der Waals surface area contributed by atoms with Gasteiger partial charge in [0.15, 0.2) is 0 Å². The lowest BCUT2D eigenvalue weighted by Crippen LogP contribution is -2.34. The van der Waals surface area contributed by atoms with Crippen molar-refractivity contribution in [2.75, 3.05) is 39.3 Å². The van der Waals surface area contributed by atoms with Gasteiger partial charge in [-0.15, -0.1) is 24.8 Å². The summed E-state index contributed by atoms with van der Waals surface area (Å²) in [5, 5.41) is 0. The van der Waals surface area contributed by atoms with E-state index in [2.05, 4.69) is 70.5 Å². The summed E-state index contributed by atoms with van der Waals surface area (Å²) in [6.45, 7) is 8.05. The summed E-state index contributed by atoms with van der Waals surface area (Å²) in [5.41, 5.74) is 3.02. The van der Waals surface area contributed by atoms with Crippen LogP contribution in [-0.2, 0) is 12.8 Å². The maximum absolute atomic E-state index is 2.75. The Morgan fingerprint density at radius 2 is 0.842 bits per heavy atom. The monoisotopic (exact) mass is 560 g/mol. The second-order valence-corrected chi connectivity index (χ2v) is 11.7. The highest BCUT2D eigenvalue weighted by Gasteiger charge is 2.19. The van der Waals surface area contributed by atoms with Gasteiger partial charge in [-0.2, -0.15) is 0 Å². The number of hydrogen-bond acceptors (Lipinski definition) is 2. The van der Waals surface area contributed by atoms with Gasteiger partial charge in [-0.1, -0.05) is 86.3 Å². The van der Waals surface area contributed by atoms with Gasteiger partial charge in [0.2, 0.25) is 0 Å². The number of unbranched alkanes of at least 4 members (excludes halogenated alkanes) is 3. The highest BCUT2D eigenvalue weighted by atomic mass is 35.5. The van der Waals surface area contributed by atoms with Crippen molar-refractivity contribution < 1.29 is 0 Å². The standard InChI is InChI=1S/C34H52N2.2ClH/c1(9-25-35-27-21-33(22-28-35)19-11-17-31-13-5-3-6-14-31)2-10-26-36-29-23-34(24-30-36)20-12-18-32-15-7-4-8-16-32;;/h3-8,13-16,33-34H,1-2,9-12,17-30H2;2*1H. The quantitative estimate of drug-likeness (QED) is 0.200. The number of halogens is 2. The Bertz CT molecular complexity index is 730. The molecule has 0 bridgehead atoms. The molecule has 2 nitrogen and oxygen atoms in total. The van der Waals surface area contributed by atoms with Crippen LogP contribution in [-0.4, -0.2) is 49.1 Å². The van der Waals surface area contributed by atoms with Crippen molar-refractivity contribution in [3.63, 3.8) is 0 Å². The average molecular weight is 562 g/mol. The fourth-order valence-electron chi connectivity index (χ4n) is 6.50. The lowest BCUT2D eigenvalue weighted by molar-refractivity contribution is 0.169. The van der Waals surface area contributed by atoms with Gasteiger partial charge in [0.25, 0.3) is 0 Å². The maximum Gasteiger partial charge on any atom is -0.00161 e. The summed E-state index contributed by atoms with van der Waals surface area (Å²) in [6, 6.07) is 22.0. The van der Waals surface area contributed by atoms with Crippen LogP contribution in [0.4, 0.5) is 0 Å². The molecule has 2 fully saturated rings. The van der Waals surface area contributed by atoms with Crippen LogP contribution in [0.25, 0.3) is 0 Å². The number of piperidine rings is 2. The Labute approximate surface area is 246 Å². The van der Waals surface area contributed by atoms with E-state index in [9.17, 15) is 0 Å². The molecule has 0 atom stereocenters. The summed E-state index contributed by atoms with van der Waals surface area (Å²) in [5.74, 6) is 1.94. The van der Waals surface area contributed by atoms with E-state index in [1.165, 1.54) is 140 Å². The van der Waals surface area contributed by atoms with Crippen LogP contribution < -0.4 is 0 Å². The molecule has 2 aromatic carbocycles. The highest BCUT2D eigenvalue weighted by molar-refractivity contribution is 5.85. The summed E-state index contributed by atoms with van der Waals surface area (Å²) in [7, 11) is 0. The molecule has 4 heteroatoms. The van der Waals surface area contributed by atoms with Gasteiger partial charge in [-0.05, 0) is 126 Å². The lowest BCUT2D eigenvalue weighted by atomic mass is 9.90. The number of rotatable bonds is 15. The fraction of sp³-hybridized carbons (Fsp3) is 0.647. The molecule has 2 heterocycles. The fourth-order valence-corrected chi connectivity index (χ4v) is 6.50. The van der Waals surface area contributed by atoms with E-state index in [1.807, 2.05) is 0 Å². The molecule has 2 aliphatic rings. The Kier molecular flexibility index (Phi) is 17.4. The van der Waals surface area contributed by atoms with Gasteiger partial charge in [-0.25, -0.2) is 0 Å². The SMILES string of the molecule is Cl.Cl.c1ccc(CCCC2CCN(CCCCCCN3CCC(CCCc4ccccc4)CC3)CC2)cc1. The van der Waals surface area contributed by atoms with E-state index in [0.717, 1.165) is 11.8 Å². The van der Waals surface area contributed by atoms with Crippen molar-refractivity contribution >= 4 is 24.8 Å². The molecule has 0 aliphatic carbocycles. The molecule has 0 unspecified atom stereocenters. The maximum atomic E-state index is 2.75. The van der Waals surface area contributed by atoms with E-state index < -0.39 is 0 Å². The van der Waals surface area contributed by atoms with Crippen molar-refractivity contribution in [1.82, 2.24) is 9.80 Å². The highest BCUT2D eigenvalue weighted by Crippen LogP contribution is 2.24. The van der Waals surface area contributed by atoms with Crippen LogP contribution in [0.2, 0.25) is 0 Å². The minimum absolute atomic E-state index is 0. The van der Waals surface area contributed by atoms with Gasteiger partial charge < -0.3 is 9.80 Å². The smallest absolute Gasteiger partial charge is 0.00161 e. The first-order valence-corrected chi connectivity index (χ1v) is 15.4. The molecule has 0 spiro atoms. The Balaban J connectivity index is 0.00000253.